The second-order valence-electron chi connectivity index (χ2n) is 3.89. The first kappa shape index (κ1) is 14.1. The standard InChI is InChI=1S/C12H16N2O4/c1-2-11(15)12(16)13-8-7-9-3-5-10(6-4-9)14(17)18/h3-6,11,15H,2,7-8H2,1H3,(H,13,16)/t11-/m1/s1. The van der Waals surface area contributed by atoms with Gasteiger partial charge in [0.15, 0.2) is 0 Å². The molecule has 0 aromatic heterocycles. The number of nitro benzene ring substituents is 1. The van der Waals surface area contributed by atoms with Crippen LogP contribution in [0.3, 0.4) is 0 Å². The van der Waals surface area contributed by atoms with E-state index in [4.69, 9.17) is 0 Å². The van der Waals surface area contributed by atoms with Gasteiger partial charge in [0.2, 0.25) is 5.91 Å². The monoisotopic (exact) mass is 252 g/mol. The van der Waals surface area contributed by atoms with Crippen molar-refractivity contribution in [1.29, 1.82) is 0 Å². The molecule has 1 aromatic carbocycles. The molecule has 1 atom stereocenters. The molecular weight excluding hydrogens is 236 g/mol. The molecule has 0 saturated heterocycles. The molecule has 0 aliphatic heterocycles. The maximum Gasteiger partial charge on any atom is 0.269 e. The summed E-state index contributed by atoms with van der Waals surface area (Å²) in [7, 11) is 0. The number of rotatable bonds is 6. The van der Waals surface area contributed by atoms with Crippen LogP contribution in [-0.4, -0.2) is 28.6 Å². The van der Waals surface area contributed by atoms with Gasteiger partial charge in [-0.25, -0.2) is 0 Å². The zero-order valence-electron chi connectivity index (χ0n) is 10.1. The van der Waals surface area contributed by atoms with Crippen LogP contribution in [0.2, 0.25) is 0 Å². The number of nitrogens with one attached hydrogen (secondary N) is 1. The minimum atomic E-state index is -0.970. The molecule has 0 heterocycles. The lowest BCUT2D eigenvalue weighted by Gasteiger charge is -2.08. The Balaban J connectivity index is 2.40. The summed E-state index contributed by atoms with van der Waals surface area (Å²) in [4.78, 5) is 21.2. The summed E-state index contributed by atoms with van der Waals surface area (Å²) in [5, 5.41) is 22.3. The van der Waals surface area contributed by atoms with E-state index < -0.39 is 11.0 Å². The molecule has 98 valence electrons. The van der Waals surface area contributed by atoms with Crippen LogP contribution in [0.1, 0.15) is 18.9 Å². The summed E-state index contributed by atoms with van der Waals surface area (Å²) in [6.45, 7) is 2.12. The van der Waals surface area contributed by atoms with Crippen molar-refractivity contribution in [3.8, 4) is 0 Å². The average molecular weight is 252 g/mol. The van der Waals surface area contributed by atoms with E-state index in [1.807, 2.05) is 0 Å². The van der Waals surface area contributed by atoms with Gasteiger partial charge in [-0.05, 0) is 18.4 Å². The largest absolute Gasteiger partial charge is 0.383 e. The molecule has 0 unspecified atom stereocenters. The molecular formula is C12H16N2O4. The molecule has 0 saturated carbocycles. The molecule has 1 amide bonds. The van der Waals surface area contributed by atoms with Crippen LogP contribution in [-0.2, 0) is 11.2 Å². The fourth-order valence-corrected chi connectivity index (χ4v) is 1.42. The number of amides is 1. The van der Waals surface area contributed by atoms with Crippen LogP contribution in [0, 0.1) is 10.1 Å². The van der Waals surface area contributed by atoms with Gasteiger partial charge in [-0.1, -0.05) is 19.1 Å². The van der Waals surface area contributed by atoms with Gasteiger partial charge in [0.1, 0.15) is 6.10 Å². The van der Waals surface area contributed by atoms with Crippen LogP contribution in [0.15, 0.2) is 24.3 Å². The summed E-state index contributed by atoms with van der Waals surface area (Å²) in [6, 6.07) is 6.16. The molecule has 0 bridgehead atoms. The van der Waals surface area contributed by atoms with E-state index in [0.29, 0.717) is 19.4 Å². The first-order chi connectivity index (χ1) is 8.54. The molecule has 1 aromatic rings. The van der Waals surface area contributed by atoms with Crippen molar-refractivity contribution in [2.24, 2.45) is 0 Å². The summed E-state index contributed by atoms with van der Waals surface area (Å²) >= 11 is 0. The quantitative estimate of drug-likeness (QED) is 0.584. The van der Waals surface area contributed by atoms with Crippen molar-refractivity contribution in [2.75, 3.05) is 6.54 Å². The van der Waals surface area contributed by atoms with Crippen molar-refractivity contribution in [2.45, 2.75) is 25.9 Å². The van der Waals surface area contributed by atoms with Gasteiger partial charge in [-0.2, -0.15) is 0 Å². The summed E-state index contributed by atoms with van der Waals surface area (Å²) in [6.07, 6.45) is -0.0225. The summed E-state index contributed by atoms with van der Waals surface area (Å²) in [5.41, 5.74) is 0.941. The SMILES string of the molecule is CC[C@@H](O)C(=O)NCCc1ccc([N+](=O)[O-])cc1. The Morgan fingerprint density at radius 2 is 2.06 bits per heavy atom. The molecule has 2 N–H and O–H groups in total. The minimum absolute atomic E-state index is 0.0455. The molecule has 18 heavy (non-hydrogen) atoms. The minimum Gasteiger partial charge on any atom is -0.383 e. The molecule has 6 heteroatoms. The highest BCUT2D eigenvalue weighted by Gasteiger charge is 2.11. The summed E-state index contributed by atoms with van der Waals surface area (Å²) < 4.78 is 0. The van der Waals surface area contributed by atoms with Gasteiger partial charge in [0, 0.05) is 18.7 Å². The van der Waals surface area contributed by atoms with Crippen molar-refractivity contribution in [3.05, 3.63) is 39.9 Å². The van der Waals surface area contributed by atoms with E-state index in [0.717, 1.165) is 5.56 Å². The number of benzene rings is 1. The topological polar surface area (TPSA) is 92.5 Å². The van der Waals surface area contributed by atoms with Gasteiger partial charge >= 0.3 is 0 Å². The van der Waals surface area contributed by atoms with E-state index in [-0.39, 0.29) is 11.6 Å². The third-order valence-corrected chi connectivity index (χ3v) is 2.55. The maximum atomic E-state index is 11.3. The van der Waals surface area contributed by atoms with Gasteiger partial charge in [-0.15, -0.1) is 0 Å². The number of carbonyl (C=O) groups is 1. The maximum absolute atomic E-state index is 11.3. The Morgan fingerprint density at radius 3 is 2.56 bits per heavy atom. The number of aliphatic hydroxyl groups excluding tert-OH is 1. The Bertz CT molecular complexity index is 417. The first-order valence-corrected chi connectivity index (χ1v) is 5.73. The van der Waals surface area contributed by atoms with E-state index in [1.165, 1.54) is 12.1 Å². The number of hydrogen-bond donors (Lipinski definition) is 2. The Morgan fingerprint density at radius 1 is 1.44 bits per heavy atom. The van der Waals surface area contributed by atoms with E-state index in [2.05, 4.69) is 5.32 Å². The van der Waals surface area contributed by atoms with E-state index in [9.17, 15) is 20.0 Å². The van der Waals surface area contributed by atoms with E-state index in [1.54, 1.807) is 19.1 Å². The predicted molar refractivity (Wildman–Crippen MR) is 66.1 cm³/mol. The highest BCUT2D eigenvalue weighted by atomic mass is 16.6. The van der Waals surface area contributed by atoms with Gasteiger partial charge in [-0.3, -0.25) is 14.9 Å². The van der Waals surface area contributed by atoms with Gasteiger partial charge in [0.05, 0.1) is 4.92 Å². The third-order valence-electron chi connectivity index (χ3n) is 2.55. The Hall–Kier alpha value is -1.95. The van der Waals surface area contributed by atoms with Crippen LogP contribution in [0.5, 0.6) is 0 Å². The van der Waals surface area contributed by atoms with Crippen LogP contribution >= 0.6 is 0 Å². The number of non-ortho nitro benzene ring substituents is 1. The lowest BCUT2D eigenvalue weighted by atomic mass is 10.1. The number of aliphatic hydroxyl groups is 1. The third kappa shape index (κ3) is 4.14. The number of carbonyl (C=O) groups excluding carboxylic acids is 1. The van der Waals surface area contributed by atoms with Crippen molar-refractivity contribution < 1.29 is 14.8 Å². The molecule has 0 aliphatic carbocycles. The smallest absolute Gasteiger partial charge is 0.269 e. The zero-order chi connectivity index (χ0) is 13.5. The van der Waals surface area contributed by atoms with E-state index >= 15 is 0 Å². The first-order valence-electron chi connectivity index (χ1n) is 5.73. The van der Waals surface area contributed by atoms with Crippen molar-refractivity contribution in [3.63, 3.8) is 0 Å². The van der Waals surface area contributed by atoms with Crippen LogP contribution in [0.25, 0.3) is 0 Å². The van der Waals surface area contributed by atoms with Crippen molar-refractivity contribution in [1.82, 2.24) is 5.32 Å². The molecule has 1 rings (SSSR count). The summed E-state index contributed by atoms with van der Waals surface area (Å²) in [5.74, 6) is -0.389. The highest BCUT2D eigenvalue weighted by Crippen LogP contribution is 2.11. The Kier molecular flexibility index (Phi) is 5.26. The van der Waals surface area contributed by atoms with Crippen molar-refractivity contribution >= 4 is 11.6 Å². The normalized spacial score (nSPS) is 11.9. The highest BCUT2D eigenvalue weighted by molar-refractivity contribution is 5.80. The second kappa shape index (κ2) is 6.70. The van der Waals surface area contributed by atoms with Gasteiger partial charge in [0.25, 0.3) is 5.69 Å². The number of nitro groups is 1. The Labute approximate surface area is 105 Å². The molecule has 6 nitrogen and oxygen atoms in total. The molecule has 0 radical (unpaired) electrons. The fourth-order valence-electron chi connectivity index (χ4n) is 1.42. The fraction of sp³-hybridized carbons (Fsp3) is 0.417. The molecule has 0 spiro atoms. The van der Waals surface area contributed by atoms with Gasteiger partial charge < -0.3 is 10.4 Å². The molecule has 0 aliphatic rings. The molecule has 0 fully saturated rings. The lowest BCUT2D eigenvalue weighted by Crippen LogP contribution is -2.35. The lowest BCUT2D eigenvalue weighted by molar-refractivity contribution is -0.384. The second-order valence-corrected chi connectivity index (χ2v) is 3.89. The number of hydrogen-bond acceptors (Lipinski definition) is 4. The van der Waals surface area contributed by atoms with Crippen LogP contribution in [0.4, 0.5) is 5.69 Å². The predicted octanol–water partition coefficient (Wildman–Crippen LogP) is 1.02. The zero-order valence-corrected chi connectivity index (χ0v) is 10.1. The van der Waals surface area contributed by atoms with Crippen LogP contribution < -0.4 is 5.32 Å². The number of nitrogens with zero attached hydrogens (tertiary/aromatic N) is 1. The average Bonchev–Trinajstić information content (AvgIpc) is 2.38.